The molecule has 0 heterocycles. The summed E-state index contributed by atoms with van der Waals surface area (Å²) in [6, 6.07) is 0. The minimum Gasteiger partial charge on any atom is -0.465 e. The molecule has 0 spiro atoms. The fourth-order valence-corrected chi connectivity index (χ4v) is 3.32. The SMILES string of the molecule is CCCCCCCCCC(=O)OCC[C@H](S)OC(=O)CCCC(O)CCCCC. The monoisotopic (exact) mass is 432 g/mol. The zero-order valence-electron chi connectivity index (χ0n) is 18.7. The van der Waals surface area contributed by atoms with E-state index in [1.165, 1.54) is 32.1 Å². The van der Waals surface area contributed by atoms with E-state index in [2.05, 4.69) is 26.5 Å². The van der Waals surface area contributed by atoms with Gasteiger partial charge in [-0.1, -0.05) is 71.6 Å². The Balaban J connectivity index is 3.58. The number of aliphatic hydroxyl groups is 1. The Labute approximate surface area is 183 Å². The zero-order valence-corrected chi connectivity index (χ0v) is 19.6. The Morgan fingerprint density at radius 1 is 0.759 bits per heavy atom. The maximum Gasteiger partial charge on any atom is 0.306 e. The summed E-state index contributed by atoms with van der Waals surface area (Å²) in [4.78, 5) is 23.5. The summed E-state index contributed by atoms with van der Waals surface area (Å²) in [6.45, 7) is 4.55. The maximum atomic E-state index is 11.8. The summed E-state index contributed by atoms with van der Waals surface area (Å²) in [5.41, 5.74) is -0.566. The molecule has 0 saturated heterocycles. The van der Waals surface area contributed by atoms with Gasteiger partial charge in [0.2, 0.25) is 0 Å². The smallest absolute Gasteiger partial charge is 0.306 e. The number of hydrogen-bond acceptors (Lipinski definition) is 6. The van der Waals surface area contributed by atoms with E-state index < -0.39 is 5.44 Å². The zero-order chi connectivity index (χ0) is 21.7. The average molecular weight is 433 g/mol. The van der Waals surface area contributed by atoms with E-state index in [0.717, 1.165) is 38.5 Å². The standard InChI is InChI=1S/C23H44O5S/c1-3-5-7-8-9-10-12-16-21(25)27-19-18-23(29)28-22(26)17-13-15-20(24)14-11-6-4-2/h20,23-24,29H,3-19H2,1-2H3/t20?,23-/m0/s1. The molecule has 1 N–H and O–H groups in total. The van der Waals surface area contributed by atoms with Crippen LogP contribution in [0.5, 0.6) is 0 Å². The first-order valence-electron chi connectivity index (χ1n) is 11.7. The summed E-state index contributed by atoms with van der Waals surface area (Å²) in [7, 11) is 0. The molecule has 2 atom stereocenters. The molecule has 0 aromatic heterocycles. The Bertz CT molecular complexity index is 403. The van der Waals surface area contributed by atoms with E-state index in [1.54, 1.807) is 0 Å². The number of carbonyl (C=O) groups excluding carboxylic acids is 2. The third-order valence-electron chi connectivity index (χ3n) is 4.94. The lowest BCUT2D eigenvalue weighted by Gasteiger charge is -2.13. The Kier molecular flexibility index (Phi) is 20.0. The molecule has 6 heteroatoms. The lowest BCUT2D eigenvalue weighted by atomic mass is 10.1. The van der Waals surface area contributed by atoms with Crippen LogP contribution in [0.25, 0.3) is 0 Å². The first-order valence-corrected chi connectivity index (χ1v) is 12.2. The van der Waals surface area contributed by atoms with Crippen molar-refractivity contribution in [1.29, 1.82) is 0 Å². The molecule has 29 heavy (non-hydrogen) atoms. The topological polar surface area (TPSA) is 72.8 Å². The highest BCUT2D eigenvalue weighted by molar-refractivity contribution is 7.80. The number of hydrogen-bond donors (Lipinski definition) is 2. The highest BCUT2D eigenvalue weighted by Gasteiger charge is 2.12. The molecule has 0 aromatic rings. The van der Waals surface area contributed by atoms with E-state index in [1.807, 2.05) is 0 Å². The molecule has 5 nitrogen and oxygen atoms in total. The van der Waals surface area contributed by atoms with E-state index in [0.29, 0.717) is 25.7 Å². The predicted molar refractivity (Wildman–Crippen MR) is 121 cm³/mol. The molecule has 172 valence electrons. The molecule has 0 aliphatic rings. The van der Waals surface area contributed by atoms with Crippen LogP contribution in [0.4, 0.5) is 0 Å². The van der Waals surface area contributed by atoms with Crippen LogP contribution in [0, 0.1) is 0 Å². The fourth-order valence-electron chi connectivity index (χ4n) is 3.10. The maximum absolute atomic E-state index is 11.8. The minimum absolute atomic E-state index is 0.192. The van der Waals surface area contributed by atoms with Gasteiger partial charge < -0.3 is 14.6 Å². The van der Waals surface area contributed by atoms with Crippen molar-refractivity contribution in [1.82, 2.24) is 0 Å². The number of thiol groups is 1. The van der Waals surface area contributed by atoms with Gasteiger partial charge in [-0.2, -0.15) is 0 Å². The molecule has 0 saturated carbocycles. The molecule has 0 fully saturated rings. The summed E-state index contributed by atoms with van der Waals surface area (Å²) in [6.07, 6.45) is 14.3. The third kappa shape index (κ3) is 20.3. The molecule has 0 rings (SSSR count). The molecule has 0 aromatic carbocycles. The second-order valence-corrected chi connectivity index (χ2v) is 8.44. The third-order valence-corrected chi connectivity index (χ3v) is 5.30. The van der Waals surface area contributed by atoms with Crippen LogP contribution in [-0.4, -0.2) is 35.2 Å². The Morgan fingerprint density at radius 3 is 2.00 bits per heavy atom. The van der Waals surface area contributed by atoms with Crippen molar-refractivity contribution in [2.24, 2.45) is 0 Å². The van der Waals surface area contributed by atoms with E-state index >= 15 is 0 Å². The van der Waals surface area contributed by atoms with Gasteiger partial charge in [0.25, 0.3) is 0 Å². The van der Waals surface area contributed by atoms with Gasteiger partial charge in [0.05, 0.1) is 12.7 Å². The van der Waals surface area contributed by atoms with E-state index in [9.17, 15) is 14.7 Å². The Hall–Kier alpha value is -0.750. The first kappa shape index (κ1) is 28.2. The molecule has 0 aliphatic heterocycles. The lowest BCUT2D eigenvalue weighted by Crippen LogP contribution is -2.17. The first-order chi connectivity index (χ1) is 14.0. The Morgan fingerprint density at radius 2 is 1.31 bits per heavy atom. The highest BCUT2D eigenvalue weighted by Crippen LogP contribution is 2.13. The van der Waals surface area contributed by atoms with Crippen LogP contribution in [0.3, 0.4) is 0 Å². The number of esters is 2. The van der Waals surface area contributed by atoms with Crippen molar-refractivity contribution < 1.29 is 24.2 Å². The van der Waals surface area contributed by atoms with Crippen LogP contribution in [0.15, 0.2) is 0 Å². The molecule has 0 amide bonds. The van der Waals surface area contributed by atoms with E-state index in [4.69, 9.17) is 9.47 Å². The van der Waals surface area contributed by atoms with Crippen LogP contribution in [-0.2, 0) is 19.1 Å². The minimum atomic E-state index is -0.566. The normalized spacial score (nSPS) is 13.1. The van der Waals surface area contributed by atoms with Gasteiger partial charge in [-0.05, 0) is 25.7 Å². The summed E-state index contributed by atoms with van der Waals surface area (Å²) >= 11 is 4.23. The van der Waals surface area contributed by atoms with Gasteiger partial charge in [-0.3, -0.25) is 9.59 Å². The summed E-state index contributed by atoms with van der Waals surface area (Å²) in [5.74, 6) is -0.511. The van der Waals surface area contributed by atoms with Gasteiger partial charge in [-0.25, -0.2) is 0 Å². The number of carbonyl (C=O) groups is 2. The van der Waals surface area contributed by atoms with Gasteiger partial charge >= 0.3 is 11.9 Å². The van der Waals surface area contributed by atoms with Crippen LogP contribution >= 0.6 is 12.6 Å². The predicted octanol–water partition coefficient (Wildman–Crippen LogP) is 5.97. The van der Waals surface area contributed by atoms with Gasteiger partial charge in [0, 0.05) is 19.3 Å². The van der Waals surface area contributed by atoms with Gasteiger partial charge in [-0.15, -0.1) is 12.6 Å². The number of ether oxygens (including phenoxy) is 2. The second kappa shape index (κ2) is 20.5. The molecule has 1 unspecified atom stereocenters. The molecule has 0 bridgehead atoms. The molecule has 0 aliphatic carbocycles. The van der Waals surface area contributed by atoms with Crippen molar-refractivity contribution in [2.75, 3.05) is 6.61 Å². The van der Waals surface area contributed by atoms with Crippen molar-refractivity contribution in [3.8, 4) is 0 Å². The summed E-state index contributed by atoms with van der Waals surface area (Å²) < 4.78 is 10.4. The number of rotatable bonds is 20. The van der Waals surface area contributed by atoms with Crippen LogP contribution in [0.2, 0.25) is 0 Å². The molecular formula is C23H44O5S. The van der Waals surface area contributed by atoms with E-state index in [-0.39, 0.29) is 31.1 Å². The van der Waals surface area contributed by atoms with Crippen molar-refractivity contribution in [3.63, 3.8) is 0 Å². The van der Waals surface area contributed by atoms with Crippen molar-refractivity contribution >= 4 is 24.6 Å². The average Bonchev–Trinajstić information content (AvgIpc) is 2.67. The van der Waals surface area contributed by atoms with Crippen LogP contribution < -0.4 is 0 Å². The van der Waals surface area contributed by atoms with Crippen molar-refractivity contribution in [3.05, 3.63) is 0 Å². The van der Waals surface area contributed by atoms with Crippen molar-refractivity contribution in [2.45, 2.75) is 128 Å². The quantitative estimate of drug-likeness (QED) is 0.107. The number of aliphatic hydroxyl groups excluding tert-OH is 1. The highest BCUT2D eigenvalue weighted by atomic mass is 32.1. The summed E-state index contributed by atoms with van der Waals surface area (Å²) in [5, 5.41) is 9.85. The fraction of sp³-hybridized carbons (Fsp3) is 0.913. The molecule has 0 radical (unpaired) electrons. The largest absolute Gasteiger partial charge is 0.465 e. The van der Waals surface area contributed by atoms with Crippen LogP contribution in [0.1, 0.15) is 117 Å². The molecular weight excluding hydrogens is 388 g/mol. The van der Waals surface area contributed by atoms with Gasteiger partial charge in [0.15, 0.2) is 0 Å². The lowest BCUT2D eigenvalue weighted by molar-refractivity contribution is -0.147. The number of unbranched alkanes of at least 4 members (excludes halogenated alkanes) is 8. The van der Waals surface area contributed by atoms with Gasteiger partial charge in [0.1, 0.15) is 5.44 Å². The second-order valence-electron chi connectivity index (χ2n) is 7.87.